The smallest absolute Gasteiger partial charge is 0.305 e. The number of nitrogens with one attached hydrogen (secondary N) is 1. The van der Waals surface area contributed by atoms with Crippen LogP contribution in [-0.4, -0.2) is 28.1 Å². The largest absolute Gasteiger partial charge is 0.481 e. The average molecular weight is 208 g/mol. The molecule has 80 valence electrons. The van der Waals surface area contributed by atoms with Crippen LogP contribution in [0.3, 0.4) is 0 Å². The van der Waals surface area contributed by atoms with E-state index in [1.807, 2.05) is 13.1 Å². The average Bonchev–Trinajstić information content (AvgIpc) is 2.52. The normalized spacial score (nSPS) is 19.5. The third-order valence-electron chi connectivity index (χ3n) is 2.52. The lowest BCUT2D eigenvalue weighted by molar-refractivity contribution is -0.137. The lowest BCUT2D eigenvalue weighted by atomic mass is 10.1. The van der Waals surface area contributed by atoms with Crippen LogP contribution in [-0.2, 0) is 4.79 Å². The standard InChI is InChI=1S/C10H12N2O3/c1-6-2-8-10(15)11-4-7(3-9(13)14)12(8)5-6/h2,5,7H,3-4H2,1H3,(H,11,15)(H,13,14). The summed E-state index contributed by atoms with van der Waals surface area (Å²) in [4.78, 5) is 22.1. The minimum Gasteiger partial charge on any atom is -0.481 e. The van der Waals surface area contributed by atoms with Crippen molar-refractivity contribution in [3.63, 3.8) is 0 Å². The van der Waals surface area contributed by atoms with Crippen LogP contribution < -0.4 is 5.32 Å². The zero-order valence-corrected chi connectivity index (χ0v) is 8.36. The first-order chi connectivity index (χ1) is 7.08. The number of rotatable bonds is 2. The molecule has 0 fully saturated rings. The van der Waals surface area contributed by atoms with Gasteiger partial charge in [0.2, 0.25) is 0 Å². The number of nitrogens with zero attached hydrogens (tertiary/aromatic N) is 1. The highest BCUT2D eigenvalue weighted by atomic mass is 16.4. The molecule has 0 saturated carbocycles. The fourth-order valence-corrected chi connectivity index (χ4v) is 1.87. The molecule has 1 atom stereocenters. The topological polar surface area (TPSA) is 71.3 Å². The van der Waals surface area contributed by atoms with Gasteiger partial charge in [-0.25, -0.2) is 0 Å². The Hall–Kier alpha value is -1.78. The summed E-state index contributed by atoms with van der Waals surface area (Å²) in [7, 11) is 0. The monoisotopic (exact) mass is 208 g/mol. The molecular weight excluding hydrogens is 196 g/mol. The molecule has 0 spiro atoms. The summed E-state index contributed by atoms with van der Waals surface area (Å²) in [5.41, 5.74) is 1.52. The number of hydrogen-bond acceptors (Lipinski definition) is 2. The van der Waals surface area contributed by atoms with Crippen molar-refractivity contribution in [3.05, 3.63) is 23.5 Å². The Kier molecular flexibility index (Phi) is 2.22. The van der Waals surface area contributed by atoms with Gasteiger partial charge in [0.1, 0.15) is 5.69 Å². The van der Waals surface area contributed by atoms with Gasteiger partial charge in [-0.15, -0.1) is 0 Å². The third kappa shape index (κ3) is 1.72. The van der Waals surface area contributed by atoms with Crippen molar-refractivity contribution in [3.8, 4) is 0 Å². The van der Waals surface area contributed by atoms with E-state index in [4.69, 9.17) is 5.11 Å². The molecule has 5 heteroatoms. The molecule has 2 rings (SSSR count). The summed E-state index contributed by atoms with van der Waals surface area (Å²) >= 11 is 0. The Morgan fingerprint density at radius 1 is 1.73 bits per heavy atom. The fraction of sp³-hybridized carbons (Fsp3) is 0.400. The Balaban J connectivity index is 2.35. The molecular formula is C10H12N2O3. The van der Waals surface area contributed by atoms with Crippen LogP contribution in [0.15, 0.2) is 12.3 Å². The van der Waals surface area contributed by atoms with Gasteiger partial charge in [-0.1, -0.05) is 0 Å². The summed E-state index contributed by atoms with van der Waals surface area (Å²) in [5.74, 6) is -0.988. The lowest BCUT2D eigenvalue weighted by Gasteiger charge is -2.25. The van der Waals surface area contributed by atoms with Gasteiger partial charge >= 0.3 is 5.97 Å². The van der Waals surface area contributed by atoms with Crippen molar-refractivity contribution in [2.45, 2.75) is 19.4 Å². The molecule has 1 aliphatic rings. The molecule has 1 aromatic rings. The van der Waals surface area contributed by atoms with Gasteiger partial charge in [-0.05, 0) is 18.6 Å². The second-order valence-electron chi connectivity index (χ2n) is 3.77. The maximum absolute atomic E-state index is 11.5. The molecule has 0 radical (unpaired) electrons. The van der Waals surface area contributed by atoms with Crippen molar-refractivity contribution in [2.75, 3.05) is 6.54 Å². The highest BCUT2D eigenvalue weighted by Gasteiger charge is 2.26. The van der Waals surface area contributed by atoms with Gasteiger partial charge in [0.25, 0.3) is 5.91 Å². The van der Waals surface area contributed by atoms with Crippen molar-refractivity contribution in [1.29, 1.82) is 0 Å². The molecule has 5 nitrogen and oxygen atoms in total. The molecule has 1 amide bonds. The molecule has 2 heterocycles. The second-order valence-corrected chi connectivity index (χ2v) is 3.77. The molecule has 1 aliphatic heterocycles. The number of aryl methyl sites for hydroxylation is 1. The summed E-state index contributed by atoms with van der Waals surface area (Å²) in [6.07, 6.45) is 1.85. The third-order valence-corrected chi connectivity index (χ3v) is 2.52. The Morgan fingerprint density at radius 3 is 3.13 bits per heavy atom. The minimum absolute atomic E-state index is 0.0292. The Morgan fingerprint density at radius 2 is 2.47 bits per heavy atom. The number of aliphatic carboxylic acids is 1. The molecule has 1 unspecified atom stereocenters. The highest BCUT2D eigenvalue weighted by molar-refractivity contribution is 5.93. The quantitative estimate of drug-likeness (QED) is 0.745. The van der Waals surface area contributed by atoms with Gasteiger partial charge in [-0.2, -0.15) is 0 Å². The van der Waals surface area contributed by atoms with E-state index < -0.39 is 5.97 Å². The van der Waals surface area contributed by atoms with Gasteiger partial charge in [-0.3, -0.25) is 9.59 Å². The summed E-state index contributed by atoms with van der Waals surface area (Å²) in [6.45, 7) is 2.27. The van der Waals surface area contributed by atoms with Crippen molar-refractivity contribution >= 4 is 11.9 Å². The van der Waals surface area contributed by atoms with E-state index in [0.717, 1.165) is 5.56 Å². The van der Waals surface area contributed by atoms with Crippen LogP contribution in [0.4, 0.5) is 0 Å². The van der Waals surface area contributed by atoms with Crippen molar-refractivity contribution in [2.24, 2.45) is 0 Å². The second kappa shape index (κ2) is 3.42. The summed E-state index contributed by atoms with van der Waals surface area (Å²) in [6, 6.07) is 1.59. The maximum atomic E-state index is 11.5. The first kappa shape index (κ1) is 9.76. The zero-order valence-electron chi connectivity index (χ0n) is 8.36. The molecule has 0 saturated heterocycles. The highest BCUT2D eigenvalue weighted by Crippen LogP contribution is 2.21. The van der Waals surface area contributed by atoms with Crippen molar-refractivity contribution in [1.82, 2.24) is 9.88 Å². The first-order valence-corrected chi connectivity index (χ1v) is 4.76. The molecule has 1 aromatic heterocycles. The Labute approximate surface area is 86.7 Å². The number of fused-ring (bicyclic) bond motifs is 1. The van der Waals surface area contributed by atoms with Gasteiger partial charge in [0.15, 0.2) is 0 Å². The molecule has 0 aromatic carbocycles. The van der Waals surface area contributed by atoms with Gasteiger partial charge in [0, 0.05) is 12.7 Å². The molecule has 2 N–H and O–H groups in total. The predicted molar refractivity (Wildman–Crippen MR) is 52.8 cm³/mol. The number of amides is 1. The lowest BCUT2D eigenvalue weighted by Crippen LogP contribution is -2.39. The van der Waals surface area contributed by atoms with E-state index in [2.05, 4.69) is 5.32 Å². The van der Waals surface area contributed by atoms with Crippen LogP contribution in [0, 0.1) is 6.92 Å². The van der Waals surface area contributed by atoms with E-state index >= 15 is 0 Å². The maximum Gasteiger partial charge on any atom is 0.305 e. The number of carboxylic acids is 1. The van der Waals surface area contributed by atoms with E-state index in [9.17, 15) is 9.59 Å². The number of aromatic nitrogens is 1. The SMILES string of the molecule is Cc1cc2n(c1)C(CC(=O)O)CNC2=O. The molecule has 15 heavy (non-hydrogen) atoms. The number of carbonyl (C=O) groups is 2. The molecule has 0 bridgehead atoms. The predicted octanol–water partition coefficient (Wildman–Crippen LogP) is 0.556. The zero-order chi connectivity index (χ0) is 11.0. The minimum atomic E-state index is -0.853. The fourth-order valence-electron chi connectivity index (χ4n) is 1.87. The number of hydrogen-bond donors (Lipinski definition) is 2. The van der Waals surface area contributed by atoms with E-state index in [-0.39, 0.29) is 18.4 Å². The summed E-state index contributed by atoms with van der Waals surface area (Å²) in [5, 5.41) is 11.4. The van der Waals surface area contributed by atoms with Crippen LogP contribution >= 0.6 is 0 Å². The van der Waals surface area contributed by atoms with E-state index in [1.165, 1.54) is 0 Å². The van der Waals surface area contributed by atoms with Crippen LogP contribution in [0.2, 0.25) is 0 Å². The van der Waals surface area contributed by atoms with E-state index in [0.29, 0.717) is 12.2 Å². The first-order valence-electron chi connectivity index (χ1n) is 4.76. The van der Waals surface area contributed by atoms with Crippen LogP contribution in [0.5, 0.6) is 0 Å². The molecule has 0 aliphatic carbocycles. The van der Waals surface area contributed by atoms with E-state index in [1.54, 1.807) is 10.6 Å². The number of carboxylic acid groups (broad SMARTS) is 1. The van der Waals surface area contributed by atoms with Crippen LogP contribution in [0.25, 0.3) is 0 Å². The van der Waals surface area contributed by atoms with Crippen LogP contribution in [0.1, 0.15) is 28.5 Å². The Bertz CT molecular complexity index is 422. The van der Waals surface area contributed by atoms with Gasteiger partial charge < -0.3 is 15.0 Å². The number of carbonyl (C=O) groups excluding carboxylic acids is 1. The summed E-state index contributed by atoms with van der Waals surface area (Å²) < 4.78 is 1.75. The van der Waals surface area contributed by atoms with Crippen molar-refractivity contribution < 1.29 is 14.7 Å². The van der Waals surface area contributed by atoms with Gasteiger partial charge in [0.05, 0.1) is 12.5 Å².